The molecule has 0 aliphatic rings. The SMILES string of the molecule is O=[N+]([O-])c1ccc(NCc2ccccc2O)cc1Br. The van der Waals surface area contributed by atoms with E-state index in [1.54, 1.807) is 24.3 Å². The van der Waals surface area contributed by atoms with Gasteiger partial charge in [-0.3, -0.25) is 10.1 Å². The highest BCUT2D eigenvalue weighted by molar-refractivity contribution is 9.10. The van der Waals surface area contributed by atoms with Crippen LogP contribution in [0.3, 0.4) is 0 Å². The van der Waals surface area contributed by atoms with E-state index in [-0.39, 0.29) is 11.4 Å². The molecule has 2 rings (SSSR count). The molecule has 2 aromatic carbocycles. The van der Waals surface area contributed by atoms with Crippen LogP contribution in [0, 0.1) is 10.1 Å². The van der Waals surface area contributed by atoms with Crippen LogP contribution in [0.15, 0.2) is 46.9 Å². The number of anilines is 1. The van der Waals surface area contributed by atoms with Gasteiger partial charge in [-0.25, -0.2) is 0 Å². The van der Waals surface area contributed by atoms with Crippen LogP contribution < -0.4 is 5.32 Å². The summed E-state index contributed by atoms with van der Waals surface area (Å²) in [6.07, 6.45) is 0. The summed E-state index contributed by atoms with van der Waals surface area (Å²) in [6.45, 7) is 0.441. The first-order valence-corrected chi connectivity index (χ1v) is 6.32. The van der Waals surface area contributed by atoms with Crippen LogP contribution in [0.25, 0.3) is 0 Å². The molecule has 0 amide bonds. The molecular formula is C13H11BrN2O3. The second-order valence-corrected chi connectivity index (χ2v) is 4.76. The highest BCUT2D eigenvalue weighted by atomic mass is 79.9. The summed E-state index contributed by atoms with van der Waals surface area (Å²) in [5.41, 5.74) is 1.52. The lowest BCUT2D eigenvalue weighted by atomic mass is 10.2. The third-order valence-electron chi connectivity index (χ3n) is 2.62. The number of phenolic OH excluding ortho intramolecular Hbond substituents is 1. The first kappa shape index (κ1) is 13.4. The molecule has 5 nitrogen and oxygen atoms in total. The van der Waals surface area contributed by atoms with Crippen LogP contribution in [0.5, 0.6) is 5.75 Å². The maximum Gasteiger partial charge on any atom is 0.283 e. The topological polar surface area (TPSA) is 75.4 Å². The van der Waals surface area contributed by atoms with E-state index in [1.807, 2.05) is 12.1 Å². The van der Waals surface area contributed by atoms with Crippen molar-refractivity contribution in [3.63, 3.8) is 0 Å². The van der Waals surface area contributed by atoms with Gasteiger partial charge < -0.3 is 10.4 Å². The van der Waals surface area contributed by atoms with Gasteiger partial charge in [-0.2, -0.15) is 0 Å². The van der Waals surface area contributed by atoms with Gasteiger partial charge in [0.15, 0.2) is 0 Å². The Labute approximate surface area is 118 Å². The first-order chi connectivity index (χ1) is 9.08. The maximum absolute atomic E-state index is 10.7. The minimum Gasteiger partial charge on any atom is -0.508 e. The second kappa shape index (κ2) is 5.71. The number of para-hydroxylation sites is 1. The van der Waals surface area contributed by atoms with Crippen LogP contribution in [-0.2, 0) is 6.54 Å². The Hall–Kier alpha value is -2.08. The van der Waals surface area contributed by atoms with Crippen LogP contribution in [-0.4, -0.2) is 10.0 Å². The molecule has 2 N–H and O–H groups in total. The fourth-order valence-corrected chi connectivity index (χ4v) is 2.15. The average molecular weight is 323 g/mol. The molecule has 0 unspecified atom stereocenters. The predicted octanol–water partition coefficient (Wildman–Crippen LogP) is 3.68. The molecule has 6 heteroatoms. The molecule has 0 saturated carbocycles. The highest BCUT2D eigenvalue weighted by Crippen LogP contribution is 2.28. The Balaban J connectivity index is 2.11. The minimum absolute atomic E-state index is 0.0214. The number of halogens is 1. The van der Waals surface area contributed by atoms with Crippen molar-refractivity contribution in [1.29, 1.82) is 0 Å². The second-order valence-electron chi connectivity index (χ2n) is 3.91. The van der Waals surface area contributed by atoms with Gasteiger partial charge in [0.2, 0.25) is 0 Å². The Morgan fingerprint density at radius 2 is 2.00 bits per heavy atom. The van der Waals surface area contributed by atoms with E-state index in [0.29, 0.717) is 11.0 Å². The zero-order valence-corrected chi connectivity index (χ0v) is 11.4. The summed E-state index contributed by atoms with van der Waals surface area (Å²) in [4.78, 5) is 10.2. The molecule has 0 atom stereocenters. The number of nitro groups is 1. The van der Waals surface area contributed by atoms with Crippen LogP contribution in [0.2, 0.25) is 0 Å². The van der Waals surface area contributed by atoms with Crippen LogP contribution >= 0.6 is 15.9 Å². The molecule has 0 aliphatic carbocycles. The smallest absolute Gasteiger partial charge is 0.283 e. The monoisotopic (exact) mass is 322 g/mol. The molecule has 2 aromatic rings. The Kier molecular flexibility index (Phi) is 4.01. The zero-order valence-electron chi connectivity index (χ0n) is 9.84. The summed E-state index contributed by atoms with van der Waals surface area (Å²) in [6, 6.07) is 11.7. The fraction of sp³-hybridized carbons (Fsp3) is 0.0769. The normalized spacial score (nSPS) is 10.2. The van der Waals surface area contributed by atoms with Crippen LogP contribution in [0.4, 0.5) is 11.4 Å². The van der Waals surface area contributed by atoms with Gasteiger partial charge in [-0.15, -0.1) is 0 Å². The zero-order chi connectivity index (χ0) is 13.8. The van der Waals surface area contributed by atoms with Gasteiger partial charge >= 0.3 is 0 Å². The lowest BCUT2D eigenvalue weighted by Gasteiger charge is -2.08. The fourth-order valence-electron chi connectivity index (χ4n) is 1.62. The maximum atomic E-state index is 10.7. The number of hydrogen-bond acceptors (Lipinski definition) is 4. The van der Waals surface area contributed by atoms with Crippen LogP contribution in [0.1, 0.15) is 5.56 Å². The summed E-state index contributed by atoms with van der Waals surface area (Å²) in [5.74, 6) is 0.218. The quantitative estimate of drug-likeness (QED) is 0.665. The van der Waals surface area contributed by atoms with E-state index in [0.717, 1.165) is 11.3 Å². The number of phenols is 1. The van der Waals surface area contributed by atoms with Gasteiger partial charge in [0, 0.05) is 23.9 Å². The van der Waals surface area contributed by atoms with Gasteiger partial charge in [0.05, 0.1) is 9.40 Å². The van der Waals surface area contributed by atoms with Crippen molar-refractivity contribution in [2.24, 2.45) is 0 Å². The number of nitro benzene ring substituents is 1. The van der Waals surface area contributed by atoms with Crippen molar-refractivity contribution in [2.45, 2.75) is 6.54 Å². The van der Waals surface area contributed by atoms with E-state index in [9.17, 15) is 15.2 Å². The molecule has 0 heterocycles. The summed E-state index contributed by atoms with van der Waals surface area (Å²) in [7, 11) is 0. The van der Waals surface area contributed by atoms with Crippen molar-refractivity contribution >= 4 is 27.3 Å². The number of nitrogens with zero attached hydrogens (tertiary/aromatic N) is 1. The minimum atomic E-state index is -0.448. The van der Waals surface area contributed by atoms with E-state index in [1.165, 1.54) is 6.07 Å². The first-order valence-electron chi connectivity index (χ1n) is 5.52. The van der Waals surface area contributed by atoms with Crippen molar-refractivity contribution in [2.75, 3.05) is 5.32 Å². The largest absolute Gasteiger partial charge is 0.508 e. The number of nitrogens with one attached hydrogen (secondary N) is 1. The Morgan fingerprint density at radius 1 is 1.26 bits per heavy atom. The number of benzene rings is 2. The van der Waals surface area contributed by atoms with Crippen molar-refractivity contribution in [1.82, 2.24) is 0 Å². The third-order valence-corrected chi connectivity index (χ3v) is 3.25. The lowest BCUT2D eigenvalue weighted by Crippen LogP contribution is -2.00. The van der Waals surface area contributed by atoms with Gasteiger partial charge in [0.1, 0.15) is 5.75 Å². The summed E-state index contributed by atoms with van der Waals surface area (Å²) in [5, 5.41) is 23.4. The average Bonchev–Trinajstić information content (AvgIpc) is 2.37. The summed E-state index contributed by atoms with van der Waals surface area (Å²) < 4.78 is 0.416. The Bertz CT molecular complexity index is 617. The van der Waals surface area contributed by atoms with Crippen molar-refractivity contribution in [3.05, 3.63) is 62.6 Å². The molecule has 0 saturated heterocycles. The standard InChI is InChI=1S/C13H11BrN2O3/c14-11-7-10(5-6-12(11)16(18)19)15-8-9-3-1-2-4-13(9)17/h1-7,15,17H,8H2. The van der Waals surface area contributed by atoms with E-state index in [4.69, 9.17) is 0 Å². The molecule has 0 fully saturated rings. The van der Waals surface area contributed by atoms with Crippen molar-refractivity contribution < 1.29 is 10.0 Å². The molecule has 19 heavy (non-hydrogen) atoms. The molecule has 0 spiro atoms. The van der Waals surface area contributed by atoms with Gasteiger partial charge in [-0.1, -0.05) is 18.2 Å². The molecule has 0 radical (unpaired) electrons. The number of rotatable bonds is 4. The Morgan fingerprint density at radius 3 is 2.63 bits per heavy atom. The van der Waals surface area contributed by atoms with E-state index in [2.05, 4.69) is 21.2 Å². The molecule has 98 valence electrons. The molecule has 0 aliphatic heterocycles. The molecule has 0 bridgehead atoms. The number of hydrogen-bond donors (Lipinski definition) is 2. The third kappa shape index (κ3) is 3.23. The lowest BCUT2D eigenvalue weighted by molar-refractivity contribution is -0.385. The summed E-state index contributed by atoms with van der Waals surface area (Å²) >= 11 is 3.16. The predicted molar refractivity (Wildman–Crippen MR) is 76.2 cm³/mol. The highest BCUT2D eigenvalue weighted by Gasteiger charge is 2.11. The number of aromatic hydroxyl groups is 1. The van der Waals surface area contributed by atoms with E-state index < -0.39 is 4.92 Å². The van der Waals surface area contributed by atoms with E-state index >= 15 is 0 Å². The van der Waals surface area contributed by atoms with Gasteiger partial charge in [0.25, 0.3) is 5.69 Å². The molecule has 0 aromatic heterocycles. The van der Waals surface area contributed by atoms with Gasteiger partial charge in [-0.05, 0) is 34.1 Å². The van der Waals surface area contributed by atoms with Crippen molar-refractivity contribution in [3.8, 4) is 5.75 Å². The molecular weight excluding hydrogens is 312 g/mol.